The van der Waals surface area contributed by atoms with Gasteiger partial charge in [0.2, 0.25) is 27.8 Å². The van der Waals surface area contributed by atoms with E-state index in [4.69, 9.17) is 4.74 Å². The number of ether oxygens (including phenoxy) is 1. The summed E-state index contributed by atoms with van der Waals surface area (Å²) in [7, 11) is -1.99. The third-order valence-corrected chi connectivity index (χ3v) is 10.2. The van der Waals surface area contributed by atoms with Crippen molar-refractivity contribution in [1.82, 2.24) is 19.2 Å². The summed E-state index contributed by atoms with van der Waals surface area (Å²) in [6.45, 7) is 4.96. The van der Waals surface area contributed by atoms with Crippen molar-refractivity contribution in [3.05, 3.63) is 36.5 Å². The van der Waals surface area contributed by atoms with Gasteiger partial charge in [-0.25, -0.2) is 27.0 Å². The van der Waals surface area contributed by atoms with Crippen LogP contribution in [-0.4, -0.2) is 103 Å². The van der Waals surface area contributed by atoms with Crippen LogP contribution in [0.3, 0.4) is 0 Å². The Hall–Kier alpha value is -4.26. The predicted octanol–water partition coefficient (Wildman–Crippen LogP) is 4.71. The number of piperazine rings is 1. The molecule has 2 aromatic rings. The van der Waals surface area contributed by atoms with E-state index in [1.165, 1.54) is 17.6 Å². The molecule has 1 aliphatic carbocycles. The highest BCUT2D eigenvalue weighted by molar-refractivity contribution is 7.88. The lowest BCUT2D eigenvalue weighted by atomic mass is 9.90. The van der Waals surface area contributed by atoms with E-state index in [0.29, 0.717) is 29.4 Å². The zero-order valence-electron chi connectivity index (χ0n) is 27.1. The normalized spacial score (nSPS) is 19.7. The quantitative estimate of drug-likeness (QED) is 0.279. The fourth-order valence-electron chi connectivity index (χ4n) is 6.11. The molecule has 0 unspecified atom stereocenters. The largest absolute Gasteiger partial charge is 0.494 e. The molecular formula is C30H37F5N8O5S. The van der Waals surface area contributed by atoms with Crippen molar-refractivity contribution in [3.63, 3.8) is 0 Å². The highest BCUT2D eigenvalue weighted by atomic mass is 32.2. The maximum Gasteiger partial charge on any atom is 0.408 e. The number of amides is 3. The molecule has 19 heteroatoms. The van der Waals surface area contributed by atoms with Crippen molar-refractivity contribution < 1.29 is 44.7 Å². The minimum atomic E-state index is -4.73. The third-order valence-electron chi connectivity index (χ3n) is 8.91. The van der Waals surface area contributed by atoms with E-state index in [0.717, 1.165) is 24.2 Å². The van der Waals surface area contributed by atoms with Gasteiger partial charge < -0.3 is 25.2 Å². The summed E-state index contributed by atoms with van der Waals surface area (Å²) in [5.41, 5.74) is 1.31. The number of benzene rings is 1. The topological polar surface area (TPSA) is 140 Å². The highest BCUT2D eigenvalue weighted by Crippen LogP contribution is 2.42. The number of halogens is 5. The predicted molar refractivity (Wildman–Crippen MR) is 172 cm³/mol. The van der Waals surface area contributed by atoms with Gasteiger partial charge in [0.1, 0.15) is 17.6 Å². The molecule has 2 fully saturated rings. The van der Waals surface area contributed by atoms with E-state index in [2.05, 4.69) is 27.2 Å². The van der Waals surface area contributed by atoms with Crippen LogP contribution in [0.1, 0.15) is 38.2 Å². The molecule has 2 N–H and O–H groups in total. The molecule has 3 amide bonds. The summed E-state index contributed by atoms with van der Waals surface area (Å²) < 4.78 is 100. The van der Waals surface area contributed by atoms with Crippen LogP contribution in [0.5, 0.6) is 5.75 Å². The number of hydrogen-bond acceptors (Lipinski definition) is 9. The van der Waals surface area contributed by atoms with Gasteiger partial charge in [0, 0.05) is 62.9 Å². The first-order valence-electron chi connectivity index (χ1n) is 15.4. The molecule has 49 heavy (non-hydrogen) atoms. The number of aromatic nitrogens is 2. The third kappa shape index (κ3) is 7.82. The first-order chi connectivity index (χ1) is 22.9. The molecule has 3 heterocycles. The lowest BCUT2D eigenvalue weighted by Crippen LogP contribution is -2.58. The summed E-state index contributed by atoms with van der Waals surface area (Å²) >= 11 is 0. The van der Waals surface area contributed by atoms with Crippen LogP contribution in [0.2, 0.25) is 0 Å². The van der Waals surface area contributed by atoms with Crippen molar-refractivity contribution in [1.29, 1.82) is 0 Å². The number of nitrogens with zero attached hydrogens (tertiary/aromatic N) is 6. The van der Waals surface area contributed by atoms with Crippen LogP contribution in [0, 0.1) is 0 Å². The second-order valence-electron chi connectivity index (χ2n) is 12.2. The smallest absolute Gasteiger partial charge is 0.408 e. The van der Waals surface area contributed by atoms with Gasteiger partial charge in [-0.05, 0) is 31.9 Å². The highest BCUT2D eigenvalue weighted by Gasteiger charge is 2.48. The Labute approximate surface area is 280 Å². The summed E-state index contributed by atoms with van der Waals surface area (Å²) in [5, 5.41) is 5.73. The Kier molecular flexibility index (Phi) is 9.98. The van der Waals surface area contributed by atoms with Gasteiger partial charge in [0.25, 0.3) is 0 Å². The van der Waals surface area contributed by atoms with Crippen LogP contribution in [-0.2, 0) is 21.4 Å². The standard InChI is InChI=1S/C30H37F5N8O5S/c1-5-25(44)37-21-14-22(24(48-3)15-23(21)40-10-12-41(13-11-40)49(4,46)47)38-27-36-16-19-17-42(18(2)30(33,34)35)28(45)43(26(19)39-27)20-6-8-29(31,32)9-7-20/h5,14-16,18,20H,1,6-13,17H2,2-4H3,(H,37,44)(H,36,38,39)/t18-/m0/s1. The summed E-state index contributed by atoms with van der Waals surface area (Å²) in [6, 6.07) is -0.802. The number of fused-ring (bicyclic) bond motifs is 1. The number of methoxy groups -OCH3 is 1. The average molecular weight is 717 g/mol. The Morgan fingerprint density at radius 2 is 1.80 bits per heavy atom. The summed E-state index contributed by atoms with van der Waals surface area (Å²) in [6.07, 6.45) is -2.60. The van der Waals surface area contributed by atoms with Crippen LogP contribution in [0.25, 0.3) is 0 Å². The van der Waals surface area contributed by atoms with Gasteiger partial charge in [-0.15, -0.1) is 0 Å². The lowest BCUT2D eigenvalue weighted by Gasteiger charge is -2.44. The number of hydrogen-bond donors (Lipinski definition) is 2. The Balaban J connectivity index is 1.50. The fourth-order valence-corrected chi connectivity index (χ4v) is 6.94. The molecule has 1 aromatic carbocycles. The monoisotopic (exact) mass is 716 g/mol. The zero-order chi connectivity index (χ0) is 35.9. The maximum absolute atomic E-state index is 14.1. The van der Waals surface area contributed by atoms with Crippen molar-refractivity contribution in [2.75, 3.05) is 60.0 Å². The first kappa shape index (κ1) is 36.0. The summed E-state index contributed by atoms with van der Waals surface area (Å²) in [5.74, 6) is -3.28. The minimum absolute atomic E-state index is 0.00265. The molecule has 5 rings (SSSR count). The second-order valence-corrected chi connectivity index (χ2v) is 14.1. The Morgan fingerprint density at radius 1 is 1.14 bits per heavy atom. The van der Waals surface area contributed by atoms with Gasteiger partial charge in [-0.2, -0.15) is 22.5 Å². The molecule has 0 radical (unpaired) electrons. The second kappa shape index (κ2) is 13.6. The van der Waals surface area contributed by atoms with Crippen molar-refractivity contribution in [2.24, 2.45) is 0 Å². The number of urea groups is 1. The molecule has 3 aliphatic rings. The molecule has 1 aromatic heterocycles. The van der Waals surface area contributed by atoms with E-state index in [-0.39, 0.29) is 54.7 Å². The van der Waals surface area contributed by atoms with Crippen LogP contribution in [0.4, 0.5) is 55.6 Å². The van der Waals surface area contributed by atoms with Gasteiger partial charge in [0.05, 0.1) is 37.0 Å². The Morgan fingerprint density at radius 3 is 2.37 bits per heavy atom. The molecule has 0 bridgehead atoms. The van der Waals surface area contributed by atoms with Gasteiger partial charge in [-0.1, -0.05) is 6.58 Å². The van der Waals surface area contributed by atoms with Crippen molar-refractivity contribution >= 4 is 50.8 Å². The minimum Gasteiger partial charge on any atom is -0.494 e. The van der Waals surface area contributed by atoms with Gasteiger partial charge >= 0.3 is 12.2 Å². The maximum atomic E-state index is 14.1. The van der Waals surface area contributed by atoms with Crippen molar-refractivity contribution in [2.45, 2.75) is 63.3 Å². The molecule has 13 nitrogen and oxygen atoms in total. The molecule has 268 valence electrons. The van der Waals surface area contributed by atoms with E-state index >= 15 is 0 Å². The first-order valence-corrected chi connectivity index (χ1v) is 17.3. The van der Waals surface area contributed by atoms with E-state index < -0.39 is 65.5 Å². The van der Waals surface area contributed by atoms with E-state index in [1.807, 2.05) is 4.90 Å². The number of sulfonamides is 1. The molecule has 2 aliphatic heterocycles. The van der Waals surface area contributed by atoms with Crippen molar-refractivity contribution in [3.8, 4) is 5.75 Å². The molecule has 1 saturated carbocycles. The summed E-state index contributed by atoms with van der Waals surface area (Å²) in [4.78, 5) is 38.4. The number of rotatable bonds is 9. The molecule has 1 saturated heterocycles. The lowest BCUT2D eigenvalue weighted by molar-refractivity contribution is -0.172. The molecule has 0 spiro atoms. The van der Waals surface area contributed by atoms with Crippen LogP contribution in [0.15, 0.2) is 31.0 Å². The number of carbonyl (C=O) groups is 2. The van der Waals surface area contributed by atoms with E-state index in [1.54, 1.807) is 12.1 Å². The SMILES string of the molecule is C=CC(=O)Nc1cc(Nc2ncc3c(n2)N(C2CCC(F)(F)CC2)C(=O)N([C@@H](C)C(F)(F)F)C3)c(OC)cc1N1CCN(S(C)(=O)=O)CC1. The van der Waals surface area contributed by atoms with Gasteiger partial charge in [-0.3, -0.25) is 9.69 Å². The zero-order valence-corrected chi connectivity index (χ0v) is 27.9. The number of nitrogens with one attached hydrogen (secondary N) is 2. The number of alkyl halides is 5. The fraction of sp³-hybridized carbons (Fsp3) is 0.533. The average Bonchev–Trinajstić information content (AvgIpc) is 3.04. The Bertz CT molecular complexity index is 1710. The van der Waals surface area contributed by atoms with Gasteiger partial charge in [0.15, 0.2) is 0 Å². The number of carbonyl (C=O) groups excluding carboxylic acids is 2. The van der Waals surface area contributed by atoms with Crippen LogP contribution < -0.4 is 25.2 Å². The van der Waals surface area contributed by atoms with Crippen LogP contribution >= 0.6 is 0 Å². The molecule has 1 atom stereocenters. The van der Waals surface area contributed by atoms with E-state index in [9.17, 15) is 40.0 Å². The number of anilines is 5. The molecular weight excluding hydrogens is 679 g/mol.